The van der Waals surface area contributed by atoms with Crippen LogP contribution in [0.1, 0.15) is 101 Å². The number of nitrogens with zero attached hydrogens (tertiary/aromatic N) is 1. The lowest BCUT2D eigenvalue weighted by Crippen LogP contribution is -2.61. The zero-order chi connectivity index (χ0) is 39.7. The van der Waals surface area contributed by atoms with Crippen molar-refractivity contribution in [2.45, 2.75) is 186 Å². The molecule has 0 aromatic rings. The molecule has 18 unspecified atom stereocenters. The maximum atomic E-state index is 14.1. The second-order valence-electron chi connectivity index (χ2n) is 16.6. The third kappa shape index (κ3) is 9.38. The van der Waals surface area contributed by atoms with E-state index in [-0.39, 0.29) is 37.8 Å². The largest absolute Gasteiger partial charge is 0.459 e. The maximum absolute atomic E-state index is 14.1. The Morgan fingerprint density at radius 2 is 1.50 bits per heavy atom. The number of hydrogen-bond donors (Lipinski definition) is 5. The molecule has 0 spiro atoms. The van der Waals surface area contributed by atoms with E-state index in [1.807, 2.05) is 25.9 Å². The number of Topliss-reactive ketones (excluding diaryl/α,β-unsaturated/α-hetero) is 1. The molecule has 3 rings (SSSR count). The fourth-order valence-corrected chi connectivity index (χ4v) is 8.57. The summed E-state index contributed by atoms with van der Waals surface area (Å²) in [7, 11) is 5.19. The lowest BCUT2D eigenvalue weighted by molar-refractivity contribution is -0.319. The topological polar surface area (TPSA) is 194 Å². The fourth-order valence-electron chi connectivity index (χ4n) is 8.57. The second-order valence-corrected chi connectivity index (χ2v) is 16.6. The number of methoxy groups -OCH3 is 1. The molecule has 3 fully saturated rings. The normalized spacial score (nSPS) is 49.0. The van der Waals surface area contributed by atoms with Crippen LogP contribution in [0.3, 0.4) is 0 Å². The maximum Gasteiger partial charge on any atom is 0.311 e. The molecule has 0 amide bonds. The average Bonchev–Trinajstić information content (AvgIpc) is 3.09. The quantitative estimate of drug-likeness (QED) is 0.227. The molecule has 14 heteroatoms. The van der Waals surface area contributed by atoms with Crippen LogP contribution in [0.25, 0.3) is 0 Å². The number of rotatable bonds is 8. The number of cyclic esters (lactones) is 1. The summed E-state index contributed by atoms with van der Waals surface area (Å²) in [6, 6.07) is -0.324. The minimum absolute atomic E-state index is 0.0952. The van der Waals surface area contributed by atoms with Crippen molar-refractivity contribution in [1.82, 2.24) is 4.90 Å². The van der Waals surface area contributed by atoms with Gasteiger partial charge in [0, 0.05) is 37.3 Å². The number of aliphatic hydroxyl groups is 5. The van der Waals surface area contributed by atoms with Gasteiger partial charge in [0.2, 0.25) is 0 Å². The Morgan fingerprint density at radius 1 is 0.885 bits per heavy atom. The lowest BCUT2D eigenvalue weighted by atomic mass is 9.72. The Labute approximate surface area is 310 Å². The third-order valence-electron chi connectivity index (χ3n) is 12.3. The van der Waals surface area contributed by atoms with Gasteiger partial charge in [0.05, 0.1) is 47.6 Å². The van der Waals surface area contributed by atoms with Crippen molar-refractivity contribution in [3.8, 4) is 0 Å². The molecule has 5 N–H and O–H groups in total. The van der Waals surface area contributed by atoms with Gasteiger partial charge in [-0.05, 0) is 74.4 Å². The van der Waals surface area contributed by atoms with Crippen LogP contribution in [-0.2, 0) is 38.0 Å². The Bertz CT molecular complexity index is 1190. The van der Waals surface area contributed by atoms with E-state index < -0.39 is 108 Å². The number of likely N-dealkylation sites (N-methyl/N-ethyl adjacent to an activating group) is 1. The summed E-state index contributed by atoms with van der Waals surface area (Å²) in [6.07, 6.45) is -9.57. The van der Waals surface area contributed by atoms with Crippen LogP contribution in [0.4, 0.5) is 0 Å². The summed E-state index contributed by atoms with van der Waals surface area (Å²) in [5, 5.41) is 58.1. The van der Waals surface area contributed by atoms with Crippen molar-refractivity contribution < 1.29 is 63.5 Å². The molecule has 0 aliphatic carbocycles. The highest BCUT2D eigenvalue weighted by atomic mass is 16.7. The molecule has 18 atom stereocenters. The first-order valence-electron chi connectivity index (χ1n) is 19.1. The van der Waals surface area contributed by atoms with Crippen molar-refractivity contribution >= 4 is 11.8 Å². The SMILES string of the molecule is CCC1OC(=O)C(C)C(OC2CC(C)(OC)C(O)C(C)O2)C(C)C(OC2OC(C)CC(N(C)C)C2O)C(O)(CC)CC(C)C(=O)C(C)C(O)C1(C)O. The third-order valence-corrected chi connectivity index (χ3v) is 12.3. The van der Waals surface area contributed by atoms with Crippen LogP contribution in [0.5, 0.6) is 0 Å². The van der Waals surface area contributed by atoms with Crippen molar-refractivity contribution in [2.75, 3.05) is 21.2 Å². The van der Waals surface area contributed by atoms with Gasteiger partial charge in [0.25, 0.3) is 0 Å². The van der Waals surface area contributed by atoms with Crippen molar-refractivity contribution in [1.29, 1.82) is 0 Å². The summed E-state index contributed by atoms with van der Waals surface area (Å²) < 4.78 is 37.3. The smallest absolute Gasteiger partial charge is 0.311 e. The van der Waals surface area contributed by atoms with Crippen LogP contribution >= 0.6 is 0 Å². The molecule has 3 heterocycles. The molecule has 0 bridgehead atoms. The Morgan fingerprint density at radius 3 is 2.04 bits per heavy atom. The highest BCUT2D eigenvalue weighted by Gasteiger charge is 2.54. The molecule has 3 saturated heterocycles. The minimum atomic E-state index is -2.00. The molecule has 14 nitrogen and oxygen atoms in total. The lowest BCUT2D eigenvalue weighted by Gasteiger charge is -2.49. The summed E-state index contributed by atoms with van der Waals surface area (Å²) in [5.74, 6) is -4.95. The molecule has 0 aromatic carbocycles. The standard InChI is InChI=1S/C38H69NO13/c1-14-26-37(10,45)31(42)21(5)28(40)19(3)17-38(46,15-2)33(52-35-29(41)25(39(11)12)16-20(4)48-35)22(6)30(23(7)34(44)50-26)51-27-18-36(9,47-13)32(43)24(8)49-27/h19-27,29-33,35,41-43,45-46H,14-18H2,1-13H3. The molecular weight excluding hydrogens is 678 g/mol. The van der Waals surface area contributed by atoms with Crippen molar-refractivity contribution in [3.05, 3.63) is 0 Å². The van der Waals surface area contributed by atoms with E-state index in [0.29, 0.717) is 6.42 Å². The molecule has 52 heavy (non-hydrogen) atoms. The molecule has 304 valence electrons. The van der Waals surface area contributed by atoms with Gasteiger partial charge in [0.15, 0.2) is 12.6 Å². The van der Waals surface area contributed by atoms with E-state index in [9.17, 15) is 35.1 Å². The molecular formula is C38H69NO13. The van der Waals surface area contributed by atoms with E-state index in [1.165, 1.54) is 21.0 Å². The van der Waals surface area contributed by atoms with E-state index in [1.54, 1.807) is 48.5 Å². The van der Waals surface area contributed by atoms with Crippen LogP contribution < -0.4 is 0 Å². The number of esters is 1. The van der Waals surface area contributed by atoms with Crippen LogP contribution in [0.15, 0.2) is 0 Å². The summed E-state index contributed by atoms with van der Waals surface area (Å²) in [6.45, 7) is 16.7. The molecule has 3 aliphatic rings. The summed E-state index contributed by atoms with van der Waals surface area (Å²) in [4.78, 5) is 30.0. The first-order chi connectivity index (χ1) is 24.0. The van der Waals surface area contributed by atoms with Gasteiger partial charge in [-0.25, -0.2) is 0 Å². The van der Waals surface area contributed by atoms with Crippen LogP contribution in [0.2, 0.25) is 0 Å². The number of carbonyl (C=O) groups is 2. The van der Waals surface area contributed by atoms with E-state index in [0.717, 1.165) is 0 Å². The van der Waals surface area contributed by atoms with Crippen LogP contribution in [0, 0.1) is 23.7 Å². The van der Waals surface area contributed by atoms with E-state index in [2.05, 4.69) is 0 Å². The van der Waals surface area contributed by atoms with E-state index in [4.69, 9.17) is 28.4 Å². The number of ether oxygens (including phenoxy) is 6. The van der Waals surface area contributed by atoms with Gasteiger partial charge in [-0.3, -0.25) is 9.59 Å². The Hall–Kier alpha value is -1.30. The molecule has 0 saturated carbocycles. The first kappa shape index (κ1) is 45.1. The van der Waals surface area contributed by atoms with E-state index >= 15 is 0 Å². The number of aliphatic hydroxyl groups excluding tert-OH is 3. The van der Waals surface area contributed by atoms with Gasteiger partial charge in [-0.15, -0.1) is 0 Å². The van der Waals surface area contributed by atoms with Gasteiger partial charge < -0.3 is 58.9 Å². The highest BCUT2D eigenvalue weighted by Crippen LogP contribution is 2.41. The van der Waals surface area contributed by atoms with Crippen molar-refractivity contribution in [3.63, 3.8) is 0 Å². The average molecular weight is 748 g/mol. The molecule has 0 radical (unpaired) electrons. The second kappa shape index (κ2) is 17.7. The van der Waals surface area contributed by atoms with Crippen molar-refractivity contribution in [2.24, 2.45) is 23.7 Å². The summed E-state index contributed by atoms with van der Waals surface area (Å²) >= 11 is 0. The number of ketones is 1. The minimum Gasteiger partial charge on any atom is -0.459 e. The Kier molecular flexibility index (Phi) is 15.3. The van der Waals surface area contributed by atoms with Gasteiger partial charge in [-0.2, -0.15) is 0 Å². The first-order valence-corrected chi connectivity index (χ1v) is 19.1. The zero-order valence-electron chi connectivity index (χ0n) is 33.6. The zero-order valence-corrected chi connectivity index (χ0v) is 33.6. The molecule has 3 aliphatic heterocycles. The number of carbonyl (C=O) groups excluding carboxylic acids is 2. The predicted molar refractivity (Wildman–Crippen MR) is 191 cm³/mol. The fraction of sp³-hybridized carbons (Fsp3) is 0.947. The summed E-state index contributed by atoms with van der Waals surface area (Å²) in [5.41, 5.74) is -4.80. The predicted octanol–water partition coefficient (Wildman–Crippen LogP) is 2.18. The van der Waals surface area contributed by atoms with Gasteiger partial charge >= 0.3 is 5.97 Å². The number of hydrogen-bond acceptors (Lipinski definition) is 14. The van der Waals surface area contributed by atoms with Gasteiger partial charge in [0.1, 0.15) is 29.7 Å². The molecule has 0 aromatic heterocycles. The van der Waals surface area contributed by atoms with Gasteiger partial charge in [-0.1, -0.05) is 34.6 Å². The Balaban J connectivity index is 2.22. The van der Waals surface area contributed by atoms with Crippen LogP contribution in [-0.4, -0.2) is 148 Å². The highest BCUT2D eigenvalue weighted by molar-refractivity contribution is 5.83. The monoisotopic (exact) mass is 747 g/mol.